The van der Waals surface area contributed by atoms with Crippen molar-refractivity contribution in [2.75, 3.05) is 39.0 Å². The molecule has 1 aromatic carbocycles. The van der Waals surface area contributed by atoms with Crippen LogP contribution in [0.5, 0.6) is 0 Å². The van der Waals surface area contributed by atoms with E-state index in [1.165, 1.54) is 12.1 Å². The molecule has 1 aromatic heterocycles. The Morgan fingerprint density at radius 3 is 2.62 bits per heavy atom. The average Bonchev–Trinajstić information content (AvgIpc) is 3.14. The van der Waals surface area contributed by atoms with Crippen LogP contribution in [0.1, 0.15) is 39.8 Å². The van der Waals surface area contributed by atoms with Gasteiger partial charge in [0.2, 0.25) is 0 Å². The van der Waals surface area contributed by atoms with Crippen LogP contribution in [0.2, 0.25) is 0 Å². The number of carbonyl (C=O) groups excluding carboxylic acids is 2. The molecule has 2 amide bonds. The van der Waals surface area contributed by atoms with E-state index in [1.807, 2.05) is 20.9 Å². The minimum absolute atomic E-state index is 0.0623. The summed E-state index contributed by atoms with van der Waals surface area (Å²) < 4.78 is 13.7. The van der Waals surface area contributed by atoms with Crippen molar-refractivity contribution in [3.05, 3.63) is 52.1 Å². The highest BCUT2D eigenvalue weighted by molar-refractivity contribution is 6.34. The van der Waals surface area contributed by atoms with Crippen LogP contribution >= 0.6 is 0 Å². The molecule has 2 N–H and O–H groups in total. The first-order valence-electron chi connectivity index (χ1n) is 9.69. The van der Waals surface area contributed by atoms with E-state index < -0.39 is 5.82 Å². The Morgan fingerprint density at radius 2 is 1.93 bits per heavy atom. The smallest absolute Gasteiger partial charge is 0.256 e. The predicted octanol–water partition coefficient (Wildman–Crippen LogP) is 3.29. The van der Waals surface area contributed by atoms with Gasteiger partial charge in [0.25, 0.3) is 11.8 Å². The van der Waals surface area contributed by atoms with Gasteiger partial charge in [-0.2, -0.15) is 0 Å². The third-order valence-electron chi connectivity index (χ3n) is 5.45. The van der Waals surface area contributed by atoms with Crippen LogP contribution in [0.15, 0.2) is 18.2 Å². The molecule has 0 aliphatic carbocycles. The quantitative estimate of drug-likeness (QED) is 0.734. The second kappa shape index (κ2) is 8.21. The molecule has 154 valence electrons. The molecule has 0 atom stereocenters. The summed E-state index contributed by atoms with van der Waals surface area (Å²) in [6, 6.07) is 4.20. The zero-order chi connectivity index (χ0) is 21.3. The number of aromatic amines is 1. The molecule has 0 unspecified atom stereocenters. The van der Waals surface area contributed by atoms with Crippen molar-refractivity contribution in [3.63, 3.8) is 0 Å². The Labute approximate surface area is 170 Å². The van der Waals surface area contributed by atoms with Crippen molar-refractivity contribution in [1.29, 1.82) is 0 Å². The standard InChI is InChI=1S/C22H27FN4O2/c1-6-26(4)9-10-27(5)22(29)20-13(2)19(24-14(20)3)12-17-16-11-15(23)7-8-18(16)25-21(17)28/h7-8,11-12,24H,6,9-10H2,1-5H3,(H,25,28)/b17-12-. The first kappa shape index (κ1) is 20.8. The summed E-state index contributed by atoms with van der Waals surface area (Å²) in [6.45, 7) is 8.11. The normalized spacial score (nSPS) is 14.4. The van der Waals surface area contributed by atoms with Gasteiger partial charge >= 0.3 is 0 Å². The largest absolute Gasteiger partial charge is 0.358 e. The maximum atomic E-state index is 13.7. The van der Waals surface area contributed by atoms with Gasteiger partial charge in [0.1, 0.15) is 5.82 Å². The van der Waals surface area contributed by atoms with Crippen LogP contribution < -0.4 is 5.32 Å². The molecule has 2 aromatic rings. The number of halogens is 1. The van der Waals surface area contributed by atoms with Crippen molar-refractivity contribution in [2.45, 2.75) is 20.8 Å². The molecule has 0 saturated heterocycles. The van der Waals surface area contributed by atoms with Crippen LogP contribution in [0.4, 0.5) is 10.1 Å². The number of nitrogens with one attached hydrogen (secondary N) is 2. The van der Waals surface area contributed by atoms with Gasteiger partial charge in [-0.05, 0) is 57.3 Å². The molecule has 0 radical (unpaired) electrons. The predicted molar refractivity (Wildman–Crippen MR) is 113 cm³/mol. The zero-order valence-electron chi connectivity index (χ0n) is 17.5. The third kappa shape index (κ3) is 4.10. The van der Waals surface area contributed by atoms with Crippen molar-refractivity contribution in [1.82, 2.24) is 14.8 Å². The van der Waals surface area contributed by atoms with Crippen LogP contribution in [0, 0.1) is 19.7 Å². The molecule has 1 aliphatic rings. The van der Waals surface area contributed by atoms with E-state index in [0.717, 1.165) is 24.3 Å². The summed E-state index contributed by atoms with van der Waals surface area (Å²) in [4.78, 5) is 32.4. The number of hydrogen-bond acceptors (Lipinski definition) is 3. The van der Waals surface area contributed by atoms with E-state index in [4.69, 9.17) is 0 Å². The van der Waals surface area contributed by atoms with Crippen LogP contribution in [0.25, 0.3) is 11.6 Å². The summed E-state index contributed by atoms with van der Waals surface area (Å²) in [6.07, 6.45) is 1.69. The number of benzene rings is 1. The molecule has 2 heterocycles. The number of carbonyl (C=O) groups is 2. The number of likely N-dealkylation sites (N-methyl/N-ethyl adjacent to an activating group) is 2. The summed E-state index contributed by atoms with van der Waals surface area (Å²) >= 11 is 0. The summed E-state index contributed by atoms with van der Waals surface area (Å²) in [7, 11) is 3.81. The van der Waals surface area contributed by atoms with Crippen molar-refractivity contribution >= 4 is 29.2 Å². The minimum Gasteiger partial charge on any atom is -0.358 e. The number of hydrogen-bond donors (Lipinski definition) is 2. The third-order valence-corrected chi connectivity index (χ3v) is 5.45. The highest BCUT2D eigenvalue weighted by atomic mass is 19.1. The SMILES string of the molecule is CCN(C)CCN(C)C(=O)c1c(C)[nH]c(/C=C2\C(=O)Nc3ccc(F)cc32)c1C. The van der Waals surface area contributed by atoms with E-state index in [9.17, 15) is 14.0 Å². The molecule has 0 saturated carbocycles. The monoisotopic (exact) mass is 398 g/mol. The lowest BCUT2D eigenvalue weighted by molar-refractivity contribution is -0.110. The molecule has 0 bridgehead atoms. The molecule has 6 nitrogen and oxygen atoms in total. The van der Waals surface area contributed by atoms with Crippen LogP contribution in [-0.2, 0) is 4.79 Å². The van der Waals surface area contributed by atoms with E-state index >= 15 is 0 Å². The lowest BCUT2D eigenvalue weighted by atomic mass is 10.0. The van der Waals surface area contributed by atoms with Gasteiger partial charge in [-0.3, -0.25) is 9.59 Å². The minimum atomic E-state index is -0.403. The lowest BCUT2D eigenvalue weighted by Crippen LogP contribution is -2.35. The first-order chi connectivity index (χ1) is 13.7. The van der Waals surface area contributed by atoms with Gasteiger partial charge in [0.15, 0.2) is 0 Å². The summed E-state index contributed by atoms with van der Waals surface area (Å²) in [5, 5.41) is 2.74. The number of H-pyrrole nitrogens is 1. The Morgan fingerprint density at radius 1 is 1.21 bits per heavy atom. The van der Waals surface area contributed by atoms with E-state index in [1.54, 1.807) is 24.1 Å². The second-order valence-electron chi connectivity index (χ2n) is 7.49. The molecular formula is C22H27FN4O2. The van der Waals surface area contributed by atoms with Crippen LogP contribution in [-0.4, -0.2) is 60.3 Å². The fourth-order valence-electron chi connectivity index (χ4n) is 3.46. The van der Waals surface area contributed by atoms with Gasteiger partial charge in [0.05, 0.1) is 11.1 Å². The molecular weight excluding hydrogens is 371 g/mol. The fraction of sp³-hybridized carbons (Fsp3) is 0.364. The Hall–Kier alpha value is -2.93. The van der Waals surface area contributed by atoms with E-state index in [-0.39, 0.29) is 11.8 Å². The number of aromatic nitrogens is 1. The van der Waals surface area contributed by atoms with Crippen molar-refractivity contribution in [3.8, 4) is 0 Å². The molecule has 3 rings (SSSR count). The topological polar surface area (TPSA) is 68.4 Å². The van der Waals surface area contributed by atoms with Gasteiger partial charge in [0, 0.05) is 42.8 Å². The highest BCUT2D eigenvalue weighted by Gasteiger charge is 2.26. The number of nitrogens with zero attached hydrogens (tertiary/aromatic N) is 2. The molecule has 29 heavy (non-hydrogen) atoms. The van der Waals surface area contributed by atoms with Gasteiger partial charge in [-0.15, -0.1) is 0 Å². The number of amides is 2. The number of aryl methyl sites for hydroxylation is 1. The van der Waals surface area contributed by atoms with Crippen molar-refractivity contribution < 1.29 is 14.0 Å². The Bertz CT molecular complexity index is 993. The summed E-state index contributed by atoms with van der Waals surface area (Å²) in [5.74, 6) is -0.752. The maximum Gasteiger partial charge on any atom is 0.256 e. The molecule has 0 spiro atoms. The zero-order valence-corrected chi connectivity index (χ0v) is 17.5. The summed E-state index contributed by atoms with van der Waals surface area (Å²) in [5.41, 5.74) is 4.28. The molecule has 0 fully saturated rings. The van der Waals surface area contributed by atoms with Gasteiger partial charge in [-0.1, -0.05) is 6.92 Å². The maximum absolute atomic E-state index is 13.7. The molecule has 1 aliphatic heterocycles. The van der Waals surface area contributed by atoms with E-state index in [0.29, 0.717) is 34.6 Å². The number of rotatable bonds is 6. The number of fused-ring (bicyclic) bond motifs is 1. The first-order valence-corrected chi connectivity index (χ1v) is 9.69. The second-order valence-corrected chi connectivity index (χ2v) is 7.49. The Balaban J connectivity index is 1.91. The lowest BCUT2D eigenvalue weighted by Gasteiger charge is -2.21. The Kier molecular flexibility index (Phi) is 5.88. The highest BCUT2D eigenvalue weighted by Crippen LogP contribution is 2.34. The molecule has 7 heteroatoms. The van der Waals surface area contributed by atoms with Gasteiger partial charge in [-0.25, -0.2) is 4.39 Å². The fourth-order valence-corrected chi connectivity index (χ4v) is 3.46. The van der Waals surface area contributed by atoms with Crippen LogP contribution in [0.3, 0.4) is 0 Å². The number of anilines is 1. The average molecular weight is 398 g/mol. The van der Waals surface area contributed by atoms with E-state index in [2.05, 4.69) is 22.1 Å². The van der Waals surface area contributed by atoms with Crippen molar-refractivity contribution in [2.24, 2.45) is 0 Å². The van der Waals surface area contributed by atoms with Gasteiger partial charge < -0.3 is 20.1 Å².